The van der Waals surface area contributed by atoms with E-state index in [2.05, 4.69) is 37.5 Å². The van der Waals surface area contributed by atoms with Crippen molar-refractivity contribution in [2.75, 3.05) is 32.8 Å². The molecule has 2 aromatic carbocycles. The van der Waals surface area contributed by atoms with Crippen LogP contribution in [0.5, 0.6) is 11.5 Å². The molecule has 1 fully saturated rings. The minimum Gasteiger partial charge on any atom is -0.492 e. The highest BCUT2D eigenvalue weighted by atomic mass is 19.1. The summed E-state index contributed by atoms with van der Waals surface area (Å²) in [5.74, 6) is 0.767. The lowest BCUT2D eigenvalue weighted by atomic mass is 9.90. The number of aliphatic hydroxyl groups excluding tert-OH is 1. The quantitative estimate of drug-likeness (QED) is 0.518. The standard InChI is InChI=1S/C27H39FN2O4/c1-20(2)30(21(3)4)14-15-33-24-10-8-22(9-11-24)17-29-13-12-26(31)27(32,18-29)19-34-25-7-5-6-23(28)16-25/h5-11,16,20-21,26,31-32H,12-15,17-19H2,1-4H3/t26-,27-/m0/s1. The van der Waals surface area contributed by atoms with Crippen LogP contribution >= 0.6 is 0 Å². The fraction of sp³-hybridized carbons (Fsp3) is 0.556. The average molecular weight is 475 g/mol. The zero-order valence-corrected chi connectivity index (χ0v) is 20.8. The van der Waals surface area contributed by atoms with Crippen molar-refractivity contribution in [1.29, 1.82) is 0 Å². The Balaban J connectivity index is 1.50. The van der Waals surface area contributed by atoms with Crippen LogP contribution in [0.3, 0.4) is 0 Å². The number of likely N-dealkylation sites (tertiary alicyclic amines) is 1. The van der Waals surface area contributed by atoms with Gasteiger partial charge in [-0.1, -0.05) is 18.2 Å². The molecule has 1 aliphatic rings. The second kappa shape index (κ2) is 12.0. The molecule has 188 valence electrons. The van der Waals surface area contributed by atoms with E-state index in [9.17, 15) is 14.6 Å². The van der Waals surface area contributed by atoms with Gasteiger partial charge in [-0.3, -0.25) is 9.80 Å². The van der Waals surface area contributed by atoms with Crippen LogP contribution in [-0.4, -0.2) is 76.6 Å². The van der Waals surface area contributed by atoms with Crippen LogP contribution in [0.4, 0.5) is 4.39 Å². The molecule has 1 aliphatic heterocycles. The van der Waals surface area contributed by atoms with Gasteiger partial charge in [-0.05, 0) is 63.9 Å². The summed E-state index contributed by atoms with van der Waals surface area (Å²) in [5, 5.41) is 21.5. The lowest BCUT2D eigenvalue weighted by molar-refractivity contribution is -0.140. The van der Waals surface area contributed by atoms with Crippen molar-refractivity contribution in [3.05, 3.63) is 59.9 Å². The summed E-state index contributed by atoms with van der Waals surface area (Å²) >= 11 is 0. The number of hydrogen-bond acceptors (Lipinski definition) is 6. The maximum absolute atomic E-state index is 13.4. The van der Waals surface area contributed by atoms with Gasteiger partial charge in [0.15, 0.2) is 0 Å². The first-order valence-corrected chi connectivity index (χ1v) is 12.1. The number of aliphatic hydroxyl groups is 2. The third-order valence-electron chi connectivity index (χ3n) is 6.40. The van der Waals surface area contributed by atoms with Crippen molar-refractivity contribution in [2.45, 2.75) is 64.4 Å². The van der Waals surface area contributed by atoms with E-state index in [0.717, 1.165) is 17.9 Å². The summed E-state index contributed by atoms with van der Waals surface area (Å²) in [4.78, 5) is 4.50. The number of β-amino-alcohol motifs (C(OH)–C–C–N with tert-alkyl or cyclic N) is 1. The third kappa shape index (κ3) is 7.40. The molecular weight excluding hydrogens is 435 g/mol. The van der Waals surface area contributed by atoms with Crippen LogP contribution in [-0.2, 0) is 6.54 Å². The predicted octanol–water partition coefficient (Wildman–Crippen LogP) is 3.70. The molecule has 0 amide bonds. The summed E-state index contributed by atoms with van der Waals surface area (Å²) in [5.41, 5.74) is -0.324. The Morgan fingerprint density at radius 1 is 1.06 bits per heavy atom. The highest BCUT2D eigenvalue weighted by Gasteiger charge is 2.42. The molecule has 0 radical (unpaired) electrons. The summed E-state index contributed by atoms with van der Waals surface area (Å²) in [7, 11) is 0. The van der Waals surface area contributed by atoms with Crippen LogP contribution in [0.2, 0.25) is 0 Å². The van der Waals surface area contributed by atoms with E-state index in [-0.39, 0.29) is 13.2 Å². The molecule has 2 atom stereocenters. The minimum absolute atomic E-state index is 0.106. The monoisotopic (exact) mass is 474 g/mol. The molecule has 7 heteroatoms. The molecule has 3 rings (SSSR count). The Labute approximate surface area is 202 Å². The number of rotatable bonds is 11. The summed E-state index contributed by atoms with van der Waals surface area (Å²) in [6, 6.07) is 14.8. The van der Waals surface area contributed by atoms with E-state index in [1.807, 2.05) is 24.3 Å². The molecule has 0 aromatic heterocycles. The molecule has 1 heterocycles. The molecule has 1 saturated heterocycles. The Bertz CT molecular complexity index is 884. The van der Waals surface area contributed by atoms with E-state index < -0.39 is 17.5 Å². The first-order chi connectivity index (χ1) is 16.2. The number of piperidine rings is 1. The van der Waals surface area contributed by atoms with Crippen molar-refractivity contribution < 1.29 is 24.1 Å². The Morgan fingerprint density at radius 2 is 1.76 bits per heavy atom. The Morgan fingerprint density at radius 3 is 2.41 bits per heavy atom. The fourth-order valence-electron chi connectivity index (χ4n) is 4.52. The minimum atomic E-state index is -1.42. The van der Waals surface area contributed by atoms with E-state index >= 15 is 0 Å². The SMILES string of the molecule is CC(C)N(CCOc1ccc(CN2CC[C@H](O)[C@@](O)(COc3cccc(F)c3)C2)cc1)C(C)C. The number of nitrogens with zero attached hydrogens (tertiary/aromatic N) is 2. The van der Waals surface area contributed by atoms with E-state index in [4.69, 9.17) is 9.47 Å². The second-order valence-electron chi connectivity index (χ2n) is 9.78. The van der Waals surface area contributed by atoms with E-state index in [1.165, 1.54) is 12.1 Å². The lowest BCUT2D eigenvalue weighted by Gasteiger charge is -2.42. The summed E-state index contributed by atoms with van der Waals surface area (Å²) in [6.45, 7) is 11.8. The van der Waals surface area contributed by atoms with Gasteiger partial charge >= 0.3 is 0 Å². The summed E-state index contributed by atoms with van der Waals surface area (Å²) < 4.78 is 24.9. The molecule has 0 saturated carbocycles. The molecule has 34 heavy (non-hydrogen) atoms. The normalized spacial score (nSPS) is 21.4. The van der Waals surface area contributed by atoms with Crippen molar-refractivity contribution in [3.8, 4) is 11.5 Å². The van der Waals surface area contributed by atoms with Crippen molar-refractivity contribution in [1.82, 2.24) is 9.80 Å². The van der Waals surface area contributed by atoms with Crippen LogP contribution in [0.25, 0.3) is 0 Å². The van der Waals surface area contributed by atoms with Gasteiger partial charge in [0.05, 0.1) is 6.10 Å². The van der Waals surface area contributed by atoms with Gasteiger partial charge in [0, 0.05) is 44.3 Å². The van der Waals surface area contributed by atoms with Crippen LogP contribution in [0.1, 0.15) is 39.7 Å². The number of halogens is 1. The predicted molar refractivity (Wildman–Crippen MR) is 132 cm³/mol. The van der Waals surface area contributed by atoms with Crippen molar-refractivity contribution in [3.63, 3.8) is 0 Å². The first-order valence-electron chi connectivity index (χ1n) is 12.1. The Hall–Kier alpha value is -2.19. The van der Waals surface area contributed by atoms with Gasteiger partial charge in [0.2, 0.25) is 0 Å². The molecular formula is C27H39FN2O4. The van der Waals surface area contributed by atoms with Gasteiger partial charge in [-0.15, -0.1) is 0 Å². The van der Waals surface area contributed by atoms with Crippen molar-refractivity contribution >= 4 is 0 Å². The molecule has 6 nitrogen and oxygen atoms in total. The van der Waals surface area contributed by atoms with Crippen LogP contribution in [0.15, 0.2) is 48.5 Å². The number of hydrogen-bond donors (Lipinski definition) is 2. The number of ether oxygens (including phenoxy) is 2. The molecule has 0 spiro atoms. The third-order valence-corrected chi connectivity index (χ3v) is 6.40. The van der Waals surface area contributed by atoms with E-state index in [1.54, 1.807) is 12.1 Å². The zero-order chi connectivity index (χ0) is 24.7. The first kappa shape index (κ1) is 26.4. The molecule has 2 aromatic rings. The van der Waals surface area contributed by atoms with Gasteiger partial charge in [0.1, 0.15) is 36.1 Å². The van der Waals surface area contributed by atoms with E-state index in [0.29, 0.717) is 44.0 Å². The smallest absolute Gasteiger partial charge is 0.137 e. The highest BCUT2D eigenvalue weighted by molar-refractivity contribution is 5.27. The lowest BCUT2D eigenvalue weighted by Crippen LogP contribution is -2.59. The van der Waals surface area contributed by atoms with Gasteiger partial charge in [-0.25, -0.2) is 4.39 Å². The topological polar surface area (TPSA) is 65.4 Å². The zero-order valence-electron chi connectivity index (χ0n) is 20.8. The molecule has 0 aliphatic carbocycles. The Kier molecular flexibility index (Phi) is 9.31. The van der Waals surface area contributed by atoms with Gasteiger partial charge in [0.25, 0.3) is 0 Å². The fourth-order valence-corrected chi connectivity index (χ4v) is 4.52. The number of benzene rings is 2. The highest BCUT2D eigenvalue weighted by Crippen LogP contribution is 2.25. The van der Waals surface area contributed by atoms with Crippen LogP contribution in [0, 0.1) is 5.82 Å². The maximum atomic E-state index is 13.4. The van der Waals surface area contributed by atoms with Gasteiger partial charge < -0.3 is 19.7 Å². The summed E-state index contributed by atoms with van der Waals surface area (Å²) in [6.07, 6.45) is -0.462. The molecule has 0 bridgehead atoms. The molecule has 2 N–H and O–H groups in total. The van der Waals surface area contributed by atoms with Gasteiger partial charge in [-0.2, -0.15) is 0 Å². The van der Waals surface area contributed by atoms with Crippen LogP contribution < -0.4 is 9.47 Å². The second-order valence-corrected chi connectivity index (χ2v) is 9.78. The molecule has 0 unspecified atom stereocenters. The maximum Gasteiger partial charge on any atom is 0.137 e. The van der Waals surface area contributed by atoms with Crippen molar-refractivity contribution in [2.24, 2.45) is 0 Å². The largest absolute Gasteiger partial charge is 0.492 e. The average Bonchev–Trinajstić information content (AvgIpc) is 2.78.